The molecule has 0 saturated heterocycles. The number of nitrogens with one attached hydrogen (secondary N) is 1. The molecule has 10 heteroatoms. The molecule has 1 unspecified atom stereocenters. The SMILES string of the molecule is CCCC(C)(NC(=O)c1cn(-c2ccccc2C(F)(F)F)nn1)C(=O)O. The summed E-state index contributed by atoms with van der Waals surface area (Å²) in [6.07, 6.45) is -2.89. The summed E-state index contributed by atoms with van der Waals surface area (Å²) in [7, 11) is 0. The Kier molecular flexibility index (Phi) is 5.33. The van der Waals surface area contributed by atoms with Gasteiger partial charge in [0.15, 0.2) is 5.69 Å². The molecule has 1 heterocycles. The number of alkyl halides is 3. The van der Waals surface area contributed by atoms with Gasteiger partial charge < -0.3 is 10.4 Å². The van der Waals surface area contributed by atoms with E-state index in [9.17, 15) is 27.9 Å². The molecule has 0 spiro atoms. The molecule has 1 aromatic carbocycles. The number of nitrogens with zero attached hydrogens (tertiary/aromatic N) is 3. The van der Waals surface area contributed by atoms with Crippen molar-refractivity contribution < 1.29 is 27.9 Å². The highest BCUT2D eigenvalue weighted by atomic mass is 19.4. The molecule has 7 nitrogen and oxygen atoms in total. The minimum atomic E-state index is -4.60. The van der Waals surface area contributed by atoms with Crippen LogP contribution in [0.25, 0.3) is 5.69 Å². The normalized spacial score (nSPS) is 13.9. The highest BCUT2D eigenvalue weighted by Crippen LogP contribution is 2.33. The fourth-order valence-corrected chi connectivity index (χ4v) is 2.44. The summed E-state index contributed by atoms with van der Waals surface area (Å²) in [6.45, 7) is 3.11. The molecule has 2 aromatic rings. The Morgan fingerprint density at radius 2 is 1.92 bits per heavy atom. The zero-order valence-electron chi connectivity index (χ0n) is 14.0. The number of carbonyl (C=O) groups excluding carboxylic acids is 1. The van der Waals surface area contributed by atoms with E-state index in [-0.39, 0.29) is 17.8 Å². The number of hydrogen-bond donors (Lipinski definition) is 2. The molecule has 2 rings (SSSR count). The first-order valence-corrected chi connectivity index (χ1v) is 7.73. The van der Waals surface area contributed by atoms with E-state index < -0.39 is 29.2 Å². The number of carboxylic acid groups (broad SMARTS) is 1. The molecule has 0 saturated carbocycles. The molecule has 0 aliphatic heterocycles. The maximum Gasteiger partial charge on any atom is 0.418 e. The van der Waals surface area contributed by atoms with Gasteiger partial charge in [0.2, 0.25) is 0 Å². The number of rotatable bonds is 6. The molecule has 0 radical (unpaired) electrons. The van der Waals surface area contributed by atoms with Crippen molar-refractivity contribution >= 4 is 11.9 Å². The highest BCUT2D eigenvalue weighted by Gasteiger charge is 2.36. The number of benzene rings is 1. The van der Waals surface area contributed by atoms with Crippen molar-refractivity contribution in [3.63, 3.8) is 0 Å². The van der Waals surface area contributed by atoms with Gasteiger partial charge in [0.05, 0.1) is 17.4 Å². The molecule has 0 bridgehead atoms. The molecular weight excluding hydrogens is 353 g/mol. The maximum atomic E-state index is 13.1. The van der Waals surface area contributed by atoms with Crippen LogP contribution < -0.4 is 5.32 Å². The number of amides is 1. The Balaban J connectivity index is 2.31. The van der Waals surface area contributed by atoms with Crippen LogP contribution in [0, 0.1) is 0 Å². The Labute approximate surface area is 146 Å². The average Bonchev–Trinajstić information content (AvgIpc) is 3.04. The lowest BCUT2D eigenvalue weighted by molar-refractivity contribution is -0.144. The van der Waals surface area contributed by atoms with Crippen molar-refractivity contribution in [2.45, 2.75) is 38.4 Å². The van der Waals surface area contributed by atoms with Crippen LogP contribution in [0.5, 0.6) is 0 Å². The van der Waals surface area contributed by atoms with Crippen LogP contribution >= 0.6 is 0 Å². The monoisotopic (exact) mass is 370 g/mol. The smallest absolute Gasteiger partial charge is 0.418 e. The molecule has 1 atom stereocenters. The van der Waals surface area contributed by atoms with Crippen molar-refractivity contribution in [1.82, 2.24) is 20.3 Å². The minimum Gasteiger partial charge on any atom is -0.480 e. The number of carbonyl (C=O) groups is 2. The zero-order valence-corrected chi connectivity index (χ0v) is 14.0. The van der Waals surface area contributed by atoms with Gasteiger partial charge in [-0.2, -0.15) is 13.2 Å². The predicted octanol–water partition coefficient (Wildman–Crippen LogP) is 2.66. The number of aromatic nitrogens is 3. The molecule has 26 heavy (non-hydrogen) atoms. The second kappa shape index (κ2) is 7.14. The summed E-state index contributed by atoms with van der Waals surface area (Å²) in [5.41, 5.74) is -3.02. The van der Waals surface area contributed by atoms with Gasteiger partial charge in [0.1, 0.15) is 5.54 Å². The number of halogens is 3. The molecule has 1 amide bonds. The van der Waals surface area contributed by atoms with E-state index in [2.05, 4.69) is 15.6 Å². The largest absolute Gasteiger partial charge is 0.480 e. The van der Waals surface area contributed by atoms with E-state index in [1.807, 2.05) is 0 Å². The lowest BCUT2D eigenvalue weighted by Gasteiger charge is -2.25. The standard InChI is InChI=1S/C16H17F3N4O3/c1-3-8-15(2,14(25)26)20-13(24)11-9-23(22-21-11)12-7-5-4-6-10(12)16(17,18)19/h4-7,9H,3,8H2,1-2H3,(H,20,24)(H,25,26). The van der Waals surface area contributed by atoms with Crippen LogP contribution in [0.4, 0.5) is 13.2 Å². The van der Waals surface area contributed by atoms with Crippen LogP contribution in [-0.2, 0) is 11.0 Å². The molecule has 140 valence electrons. The van der Waals surface area contributed by atoms with Gasteiger partial charge in [0, 0.05) is 0 Å². The average molecular weight is 370 g/mol. The molecule has 1 aromatic heterocycles. The first kappa shape index (κ1) is 19.4. The van der Waals surface area contributed by atoms with E-state index in [1.165, 1.54) is 25.1 Å². The van der Waals surface area contributed by atoms with Gasteiger partial charge in [0.25, 0.3) is 5.91 Å². The highest BCUT2D eigenvalue weighted by molar-refractivity contribution is 5.96. The molecule has 2 N–H and O–H groups in total. The van der Waals surface area contributed by atoms with E-state index in [1.54, 1.807) is 6.92 Å². The Bertz CT molecular complexity index is 819. The number of aliphatic carboxylic acids is 1. The van der Waals surface area contributed by atoms with E-state index >= 15 is 0 Å². The summed E-state index contributed by atoms with van der Waals surface area (Å²) >= 11 is 0. The third kappa shape index (κ3) is 4.01. The van der Waals surface area contributed by atoms with Gasteiger partial charge in [-0.15, -0.1) is 5.10 Å². The maximum absolute atomic E-state index is 13.1. The lowest BCUT2D eigenvalue weighted by atomic mass is 9.96. The number of hydrogen-bond acceptors (Lipinski definition) is 4. The molecular formula is C16H17F3N4O3. The van der Waals surface area contributed by atoms with Crippen molar-refractivity contribution in [3.05, 3.63) is 41.7 Å². The van der Waals surface area contributed by atoms with Crippen LogP contribution in [-0.4, -0.2) is 37.5 Å². The van der Waals surface area contributed by atoms with Gasteiger partial charge >= 0.3 is 12.1 Å². The van der Waals surface area contributed by atoms with Crippen molar-refractivity contribution in [2.75, 3.05) is 0 Å². The van der Waals surface area contributed by atoms with Gasteiger partial charge in [-0.1, -0.05) is 30.7 Å². The fourth-order valence-electron chi connectivity index (χ4n) is 2.44. The second-order valence-electron chi connectivity index (χ2n) is 5.90. The summed E-state index contributed by atoms with van der Waals surface area (Å²) in [5, 5.41) is 18.8. The Hall–Kier alpha value is -2.91. The number of para-hydroxylation sites is 1. The van der Waals surface area contributed by atoms with Gasteiger partial charge in [-0.25, -0.2) is 9.48 Å². The van der Waals surface area contributed by atoms with Crippen LogP contribution in [0.2, 0.25) is 0 Å². The van der Waals surface area contributed by atoms with Crippen LogP contribution in [0.1, 0.15) is 42.7 Å². The first-order valence-electron chi connectivity index (χ1n) is 7.73. The van der Waals surface area contributed by atoms with Gasteiger partial charge in [-0.05, 0) is 25.5 Å². The fraction of sp³-hybridized carbons (Fsp3) is 0.375. The molecule has 0 aliphatic rings. The Morgan fingerprint density at radius 1 is 1.27 bits per heavy atom. The van der Waals surface area contributed by atoms with Crippen molar-refractivity contribution in [1.29, 1.82) is 0 Å². The van der Waals surface area contributed by atoms with Crippen molar-refractivity contribution in [2.24, 2.45) is 0 Å². The summed E-state index contributed by atoms with van der Waals surface area (Å²) < 4.78 is 40.1. The van der Waals surface area contributed by atoms with Gasteiger partial charge in [-0.3, -0.25) is 4.79 Å². The van der Waals surface area contributed by atoms with E-state index in [0.717, 1.165) is 16.9 Å². The third-order valence-corrected chi connectivity index (χ3v) is 3.79. The minimum absolute atomic E-state index is 0.180. The molecule has 0 fully saturated rings. The predicted molar refractivity (Wildman–Crippen MR) is 84.8 cm³/mol. The van der Waals surface area contributed by atoms with Crippen molar-refractivity contribution in [3.8, 4) is 5.69 Å². The zero-order chi connectivity index (χ0) is 19.5. The lowest BCUT2D eigenvalue weighted by Crippen LogP contribution is -2.52. The summed E-state index contributed by atoms with van der Waals surface area (Å²) in [6, 6.07) is 4.71. The molecule has 0 aliphatic carbocycles. The van der Waals surface area contributed by atoms with E-state index in [0.29, 0.717) is 6.42 Å². The van der Waals surface area contributed by atoms with Crippen LogP contribution in [0.3, 0.4) is 0 Å². The summed E-state index contributed by atoms with van der Waals surface area (Å²) in [4.78, 5) is 23.6. The first-order chi connectivity index (χ1) is 12.1. The second-order valence-corrected chi connectivity index (χ2v) is 5.90. The van der Waals surface area contributed by atoms with Crippen LogP contribution in [0.15, 0.2) is 30.5 Å². The number of carboxylic acids is 1. The Morgan fingerprint density at radius 3 is 2.50 bits per heavy atom. The topological polar surface area (TPSA) is 97.1 Å². The summed E-state index contributed by atoms with van der Waals surface area (Å²) in [5.74, 6) is -2.05. The third-order valence-electron chi connectivity index (χ3n) is 3.79. The van der Waals surface area contributed by atoms with E-state index in [4.69, 9.17) is 0 Å². The quantitative estimate of drug-likeness (QED) is 0.815.